The highest BCUT2D eigenvalue weighted by molar-refractivity contribution is 5.59. The van der Waals surface area contributed by atoms with Gasteiger partial charge in [-0.15, -0.1) is 0 Å². The third-order valence-electron chi connectivity index (χ3n) is 5.46. The quantitative estimate of drug-likeness (QED) is 0.420. The van der Waals surface area contributed by atoms with Gasteiger partial charge < -0.3 is 0 Å². The van der Waals surface area contributed by atoms with Crippen molar-refractivity contribution in [2.75, 3.05) is 0 Å². The minimum Gasteiger partial charge on any atom is -0.255 e. The van der Waals surface area contributed by atoms with Gasteiger partial charge in [-0.2, -0.15) is 0 Å². The van der Waals surface area contributed by atoms with E-state index in [1.54, 1.807) is 12.3 Å². The third-order valence-corrected chi connectivity index (χ3v) is 5.46. The van der Waals surface area contributed by atoms with Crippen molar-refractivity contribution in [3.05, 3.63) is 53.7 Å². The zero-order valence-electron chi connectivity index (χ0n) is 16.0. The highest BCUT2D eigenvalue weighted by atomic mass is 19.2. The van der Waals surface area contributed by atoms with Crippen LogP contribution >= 0.6 is 0 Å². The second kappa shape index (κ2) is 9.65. The van der Waals surface area contributed by atoms with Crippen molar-refractivity contribution < 1.29 is 8.78 Å². The molecule has 1 heterocycles. The first-order chi connectivity index (χ1) is 13.2. The fourth-order valence-corrected chi connectivity index (χ4v) is 3.76. The number of nitrogens with zero attached hydrogens (tertiary/aromatic N) is 1. The number of rotatable bonds is 5. The third kappa shape index (κ3) is 5.63. The summed E-state index contributed by atoms with van der Waals surface area (Å²) in [4.78, 5) is 4.35. The van der Waals surface area contributed by atoms with Gasteiger partial charge in [0.25, 0.3) is 0 Å². The first-order valence-corrected chi connectivity index (χ1v) is 10.1. The maximum atomic E-state index is 13.4. The van der Waals surface area contributed by atoms with Gasteiger partial charge in [-0.3, -0.25) is 4.98 Å². The van der Waals surface area contributed by atoms with Crippen LogP contribution in [-0.4, -0.2) is 4.98 Å². The first-order valence-electron chi connectivity index (χ1n) is 10.1. The second-order valence-electron chi connectivity index (χ2n) is 7.54. The molecule has 3 heteroatoms. The molecule has 1 saturated carbocycles. The van der Waals surface area contributed by atoms with E-state index in [0.29, 0.717) is 17.2 Å². The van der Waals surface area contributed by atoms with Gasteiger partial charge in [0, 0.05) is 23.2 Å². The number of pyridine rings is 1. The summed E-state index contributed by atoms with van der Waals surface area (Å²) in [5.41, 5.74) is 2.05. The zero-order chi connectivity index (χ0) is 19.1. The van der Waals surface area contributed by atoms with Gasteiger partial charge in [-0.05, 0) is 61.9 Å². The molecule has 0 aliphatic heterocycles. The molecule has 0 bridgehead atoms. The predicted molar refractivity (Wildman–Crippen MR) is 106 cm³/mol. The molecule has 2 aromatic rings. The lowest BCUT2D eigenvalue weighted by Crippen LogP contribution is -2.13. The maximum Gasteiger partial charge on any atom is 0.159 e. The number of hydrogen-bond acceptors (Lipinski definition) is 1. The van der Waals surface area contributed by atoms with Crippen LogP contribution in [0.25, 0.3) is 11.3 Å². The fourth-order valence-electron chi connectivity index (χ4n) is 3.76. The normalized spacial score (nSPS) is 19.4. The molecule has 0 unspecified atom stereocenters. The van der Waals surface area contributed by atoms with Crippen molar-refractivity contribution in [2.45, 2.75) is 58.3 Å². The standard InChI is InChI=1S/C24H27F2N/c1-2-3-4-5-18-6-8-19(9-7-18)10-11-20-12-15-24(27-17-20)21-13-14-22(25)23(26)16-21/h12-19H,2-9H2,1H3/t18-,19-. The summed E-state index contributed by atoms with van der Waals surface area (Å²) in [6.07, 6.45) is 12.1. The van der Waals surface area contributed by atoms with E-state index in [1.807, 2.05) is 6.07 Å². The monoisotopic (exact) mass is 367 g/mol. The van der Waals surface area contributed by atoms with Gasteiger partial charge in [0.2, 0.25) is 0 Å². The molecular weight excluding hydrogens is 340 g/mol. The molecule has 1 nitrogen and oxygen atoms in total. The van der Waals surface area contributed by atoms with E-state index in [2.05, 4.69) is 23.7 Å². The highest BCUT2D eigenvalue weighted by Crippen LogP contribution is 2.31. The summed E-state index contributed by atoms with van der Waals surface area (Å²) >= 11 is 0. The molecule has 1 aromatic carbocycles. The van der Waals surface area contributed by atoms with Gasteiger partial charge in [0.05, 0.1) is 5.69 Å². The molecule has 0 spiro atoms. The van der Waals surface area contributed by atoms with Crippen LogP contribution in [0, 0.1) is 35.3 Å². The van der Waals surface area contributed by atoms with Gasteiger partial charge in [0.15, 0.2) is 11.6 Å². The van der Waals surface area contributed by atoms with Crippen molar-refractivity contribution in [1.29, 1.82) is 0 Å². The Kier molecular flexibility index (Phi) is 6.98. The van der Waals surface area contributed by atoms with Crippen molar-refractivity contribution in [2.24, 2.45) is 11.8 Å². The Morgan fingerprint density at radius 2 is 1.81 bits per heavy atom. The van der Waals surface area contributed by atoms with Gasteiger partial charge in [0.1, 0.15) is 0 Å². The average Bonchev–Trinajstić information content (AvgIpc) is 2.70. The Morgan fingerprint density at radius 3 is 2.48 bits per heavy atom. The van der Waals surface area contributed by atoms with Crippen molar-refractivity contribution >= 4 is 0 Å². The van der Waals surface area contributed by atoms with E-state index < -0.39 is 11.6 Å². The van der Waals surface area contributed by atoms with Crippen LogP contribution in [0.15, 0.2) is 36.5 Å². The van der Waals surface area contributed by atoms with Crippen LogP contribution < -0.4 is 0 Å². The molecule has 0 amide bonds. The van der Waals surface area contributed by atoms with Gasteiger partial charge in [-0.1, -0.05) is 44.4 Å². The first kappa shape index (κ1) is 19.5. The number of unbranched alkanes of at least 4 members (excludes halogenated alkanes) is 2. The Hall–Kier alpha value is -2.21. The minimum atomic E-state index is -0.858. The van der Waals surface area contributed by atoms with Crippen LogP contribution in [0.4, 0.5) is 8.78 Å². The molecule has 0 atom stereocenters. The van der Waals surface area contributed by atoms with E-state index >= 15 is 0 Å². The molecule has 0 radical (unpaired) electrons. The largest absolute Gasteiger partial charge is 0.255 e. The Labute approximate surface area is 161 Å². The van der Waals surface area contributed by atoms with Crippen LogP contribution in [-0.2, 0) is 0 Å². The van der Waals surface area contributed by atoms with E-state index in [4.69, 9.17) is 0 Å². The van der Waals surface area contributed by atoms with Gasteiger partial charge >= 0.3 is 0 Å². The molecule has 1 fully saturated rings. The summed E-state index contributed by atoms with van der Waals surface area (Å²) in [7, 11) is 0. The van der Waals surface area contributed by atoms with Crippen LogP contribution in [0.1, 0.15) is 63.9 Å². The van der Waals surface area contributed by atoms with E-state index in [0.717, 1.165) is 17.5 Å². The molecule has 0 N–H and O–H groups in total. The molecule has 3 rings (SSSR count). The second-order valence-corrected chi connectivity index (χ2v) is 7.54. The van der Waals surface area contributed by atoms with Crippen molar-refractivity contribution in [1.82, 2.24) is 4.98 Å². The Morgan fingerprint density at radius 1 is 1.00 bits per heavy atom. The topological polar surface area (TPSA) is 12.9 Å². The fraction of sp³-hybridized carbons (Fsp3) is 0.458. The molecular formula is C24H27F2N. The Balaban J connectivity index is 1.54. The lowest BCUT2D eigenvalue weighted by molar-refractivity contribution is 0.294. The predicted octanol–water partition coefficient (Wildman–Crippen LogP) is 6.77. The molecule has 27 heavy (non-hydrogen) atoms. The number of hydrogen-bond donors (Lipinski definition) is 0. The summed E-state index contributed by atoms with van der Waals surface area (Å²) in [6, 6.07) is 7.53. The molecule has 1 aromatic heterocycles. The molecule has 1 aliphatic rings. The van der Waals surface area contributed by atoms with Gasteiger partial charge in [-0.25, -0.2) is 8.78 Å². The SMILES string of the molecule is CCCCC[C@H]1CC[C@H](C#Cc2ccc(-c3ccc(F)c(F)c3)nc2)CC1. The lowest BCUT2D eigenvalue weighted by atomic mass is 9.80. The lowest BCUT2D eigenvalue weighted by Gasteiger charge is -2.25. The highest BCUT2D eigenvalue weighted by Gasteiger charge is 2.19. The molecule has 142 valence electrons. The summed E-state index contributed by atoms with van der Waals surface area (Å²) in [5, 5.41) is 0. The van der Waals surface area contributed by atoms with Crippen LogP contribution in [0.2, 0.25) is 0 Å². The van der Waals surface area contributed by atoms with Crippen molar-refractivity contribution in [3.63, 3.8) is 0 Å². The maximum absolute atomic E-state index is 13.4. The molecule has 1 aliphatic carbocycles. The summed E-state index contributed by atoms with van der Waals surface area (Å²) < 4.78 is 26.4. The summed E-state index contributed by atoms with van der Waals surface area (Å²) in [5.74, 6) is 6.31. The molecule has 0 saturated heterocycles. The Bertz CT molecular complexity index is 793. The van der Waals surface area contributed by atoms with E-state index in [-0.39, 0.29) is 0 Å². The van der Waals surface area contributed by atoms with E-state index in [1.165, 1.54) is 63.5 Å². The average molecular weight is 367 g/mol. The number of halogens is 2. The zero-order valence-corrected chi connectivity index (χ0v) is 16.0. The van der Waals surface area contributed by atoms with Crippen molar-refractivity contribution in [3.8, 4) is 23.1 Å². The van der Waals surface area contributed by atoms with E-state index in [9.17, 15) is 8.78 Å². The van der Waals surface area contributed by atoms with Crippen LogP contribution in [0.5, 0.6) is 0 Å². The summed E-state index contributed by atoms with van der Waals surface area (Å²) in [6.45, 7) is 2.26. The van der Waals surface area contributed by atoms with Crippen LogP contribution in [0.3, 0.4) is 0 Å². The number of aromatic nitrogens is 1. The minimum absolute atomic E-state index is 0.485. The smallest absolute Gasteiger partial charge is 0.159 e. The number of benzene rings is 1.